The van der Waals surface area contributed by atoms with Crippen molar-refractivity contribution in [3.63, 3.8) is 0 Å². The summed E-state index contributed by atoms with van der Waals surface area (Å²) in [5.41, 5.74) is -4.43. The van der Waals surface area contributed by atoms with Gasteiger partial charge < -0.3 is 0 Å². The van der Waals surface area contributed by atoms with E-state index in [4.69, 9.17) is 0 Å². The van der Waals surface area contributed by atoms with E-state index < -0.39 is 43.2 Å². The average Bonchev–Trinajstić information content (AvgIpc) is 2.82. The highest BCUT2D eigenvalue weighted by Gasteiger charge is 2.32. The Balaban J connectivity index is 2.93. The lowest BCUT2D eigenvalue weighted by molar-refractivity contribution is -0.402. The van der Waals surface area contributed by atoms with Crippen molar-refractivity contribution in [2.24, 2.45) is 0 Å². The molecule has 21 heavy (non-hydrogen) atoms. The zero-order valence-electron chi connectivity index (χ0n) is 9.83. The fourth-order valence-electron chi connectivity index (χ4n) is 1.63. The Kier molecular flexibility index (Phi) is 3.15. The highest BCUT2D eigenvalue weighted by molar-refractivity contribution is 5.69. The molecule has 0 amide bonds. The molecule has 1 N–H and O–H groups in total. The molecule has 0 bridgehead atoms. The minimum atomic E-state index is -1.06. The van der Waals surface area contributed by atoms with E-state index in [2.05, 4.69) is 5.10 Å². The van der Waals surface area contributed by atoms with Gasteiger partial charge in [0.25, 0.3) is 5.69 Å². The molecule has 0 aliphatic carbocycles. The number of nitro groups is 3. The highest BCUT2D eigenvalue weighted by atomic mass is 16.6. The van der Waals surface area contributed by atoms with Crippen LogP contribution in [0.5, 0.6) is 0 Å². The van der Waals surface area contributed by atoms with Gasteiger partial charge >= 0.3 is 17.1 Å². The zero-order valence-corrected chi connectivity index (χ0v) is 9.83. The van der Waals surface area contributed by atoms with Crippen LogP contribution in [0.15, 0.2) is 23.3 Å². The number of hydrogen-bond donors (Lipinski definition) is 1. The minimum absolute atomic E-state index is 0.528. The van der Waals surface area contributed by atoms with Gasteiger partial charge in [-0.3, -0.25) is 30.3 Å². The molecular weight excluding hydrogens is 292 g/mol. The van der Waals surface area contributed by atoms with Crippen molar-refractivity contribution in [3.8, 4) is 5.69 Å². The quantitative estimate of drug-likeness (QED) is 0.616. The summed E-state index contributed by atoms with van der Waals surface area (Å²) in [6, 6.07) is 1.06. The second-order valence-corrected chi connectivity index (χ2v) is 3.64. The van der Waals surface area contributed by atoms with Crippen LogP contribution in [0.25, 0.3) is 5.69 Å². The number of nitrogens with zero attached hydrogens (tertiary/aromatic N) is 5. The first kappa shape index (κ1) is 13.8. The molecule has 108 valence electrons. The second-order valence-electron chi connectivity index (χ2n) is 3.64. The molecular formula is C8H4N6O7. The van der Waals surface area contributed by atoms with Gasteiger partial charge in [-0.1, -0.05) is 0 Å². The smallest absolute Gasteiger partial charge is 0.258 e. The largest absolute Gasteiger partial charge is 0.348 e. The molecule has 0 radical (unpaired) electrons. The van der Waals surface area contributed by atoms with Gasteiger partial charge in [-0.2, -0.15) is 5.10 Å². The molecule has 0 aliphatic rings. The van der Waals surface area contributed by atoms with Crippen molar-refractivity contribution in [3.05, 3.63) is 59.3 Å². The fraction of sp³-hybridized carbons (Fsp3) is 0. The van der Waals surface area contributed by atoms with Crippen LogP contribution in [0.1, 0.15) is 0 Å². The van der Waals surface area contributed by atoms with Gasteiger partial charge in [0.2, 0.25) is 5.69 Å². The van der Waals surface area contributed by atoms with Gasteiger partial charge in [0.1, 0.15) is 6.33 Å². The standard InChI is InChI=1S/C8H4N6O7/c15-8-10-9-3-11(8)7-5(13(18)19)1-4(12(16)17)2-6(7)14(20)21/h1-3H,(H,10,15). The lowest BCUT2D eigenvalue weighted by Gasteiger charge is -2.03. The maximum Gasteiger partial charge on any atom is 0.348 e. The lowest BCUT2D eigenvalue weighted by Crippen LogP contribution is -2.17. The van der Waals surface area contributed by atoms with E-state index >= 15 is 0 Å². The normalized spacial score (nSPS) is 10.3. The predicted octanol–water partition coefficient (Wildman–Crippen LogP) is 0.285. The van der Waals surface area contributed by atoms with Gasteiger partial charge in [0.05, 0.1) is 26.9 Å². The number of benzene rings is 1. The third-order valence-corrected chi connectivity index (χ3v) is 2.45. The number of non-ortho nitro benzene ring substituents is 1. The van der Waals surface area contributed by atoms with Crippen LogP contribution in [0.3, 0.4) is 0 Å². The Labute approximate surface area is 112 Å². The molecule has 2 rings (SSSR count). The Hall–Kier alpha value is -3.64. The van der Waals surface area contributed by atoms with Crippen molar-refractivity contribution in [1.82, 2.24) is 14.8 Å². The number of hydrogen-bond acceptors (Lipinski definition) is 8. The van der Waals surface area contributed by atoms with Crippen molar-refractivity contribution in [1.29, 1.82) is 0 Å². The molecule has 0 saturated heterocycles. The molecule has 0 spiro atoms. The van der Waals surface area contributed by atoms with E-state index in [9.17, 15) is 35.1 Å². The van der Waals surface area contributed by atoms with Crippen molar-refractivity contribution in [2.45, 2.75) is 0 Å². The monoisotopic (exact) mass is 296 g/mol. The first-order valence-corrected chi connectivity index (χ1v) is 5.06. The molecule has 0 atom stereocenters. The van der Waals surface area contributed by atoms with Gasteiger partial charge in [0, 0.05) is 0 Å². The van der Waals surface area contributed by atoms with E-state index in [0.29, 0.717) is 16.7 Å². The van der Waals surface area contributed by atoms with E-state index in [1.54, 1.807) is 0 Å². The van der Waals surface area contributed by atoms with Gasteiger partial charge in [0.15, 0.2) is 0 Å². The maximum atomic E-state index is 11.5. The topological polar surface area (TPSA) is 180 Å². The predicted molar refractivity (Wildman–Crippen MR) is 64.1 cm³/mol. The average molecular weight is 296 g/mol. The number of aromatic nitrogens is 3. The molecule has 1 aromatic carbocycles. The molecule has 0 fully saturated rings. The van der Waals surface area contributed by atoms with Crippen molar-refractivity contribution in [2.75, 3.05) is 0 Å². The van der Waals surface area contributed by atoms with Crippen LogP contribution in [0.4, 0.5) is 17.1 Å². The van der Waals surface area contributed by atoms with Crippen LogP contribution in [-0.2, 0) is 0 Å². The van der Waals surface area contributed by atoms with Gasteiger partial charge in [-0.05, 0) is 0 Å². The van der Waals surface area contributed by atoms with Crippen LogP contribution >= 0.6 is 0 Å². The Morgan fingerprint density at radius 2 is 1.52 bits per heavy atom. The Morgan fingerprint density at radius 3 is 1.86 bits per heavy atom. The first-order valence-electron chi connectivity index (χ1n) is 5.06. The van der Waals surface area contributed by atoms with Gasteiger partial charge in [-0.15, -0.1) is 0 Å². The summed E-state index contributed by atoms with van der Waals surface area (Å²) in [6.07, 6.45) is 0.795. The van der Waals surface area contributed by atoms with Crippen LogP contribution in [-0.4, -0.2) is 29.5 Å². The summed E-state index contributed by atoms with van der Waals surface area (Å²) in [4.78, 5) is 41.0. The summed E-state index contributed by atoms with van der Waals surface area (Å²) >= 11 is 0. The SMILES string of the molecule is O=c1[nH]ncn1-c1c([N+](=O)[O-])cc([N+](=O)[O-])cc1[N+](=O)[O-]. The van der Waals surface area contributed by atoms with Crippen LogP contribution in [0, 0.1) is 30.3 Å². The van der Waals surface area contributed by atoms with Crippen molar-refractivity contribution >= 4 is 17.1 Å². The number of H-pyrrole nitrogens is 1. The summed E-state index contributed by atoms with van der Waals surface area (Å²) in [6.45, 7) is 0. The van der Waals surface area contributed by atoms with E-state index in [0.717, 1.165) is 6.33 Å². The summed E-state index contributed by atoms with van der Waals surface area (Å²) in [5.74, 6) is 0. The van der Waals surface area contributed by atoms with E-state index in [-0.39, 0.29) is 0 Å². The third-order valence-electron chi connectivity index (χ3n) is 2.45. The molecule has 2 aromatic rings. The minimum Gasteiger partial charge on any atom is -0.258 e. The molecule has 1 aromatic heterocycles. The third kappa shape index (κ3) is 2.29. The van der Waals surface area contributed by atoms with Crippen LogP contribution in [0.2, 0.25) is 0 Å². The maximum absolute atomic E-state index is 11.5. The lowest BCUT2D eigenvalue weighted by atomic mass is 10.2. The molecule has 13 nitrogen and oxygen atoms in total. The molecule has 0 saturated carbocycles. The zero-order chi connectivity index (χ0) is 15.7. The molecule has 0 unspecified atom stereocenters. The number of nitro benzene ring substituents is 3. The fourth-order valence-corrected chi connectivity index (χ4v) is 1.63. The van der Waals surface area contributed by atoms with Crippen LogP contribution < -0.4 is 5.69 Å². The molecule has 13 heteroatoms. The number of nitrogens with one attached hydrogen (secondary N) is 1. The van der Waals surface area contributed by atoms with E-state index in [1.807, 2.05) is 5.10 Å². The second kappa shape index (κ2) is 4.80. The summed E-state index contributed by atoms with van der Waals surface area (Å²) in [5, 5.41) is 37.9. The van der Waals surface area contributed by atoms with Crippen molar-refractivity contribution < 1.29 is 14.8 Å². The van der Waals surface area contributed by atoms with E-state index in [1.165, 1.54) is 0 Å². The number of rotatable bonds is 4. The first-order chi connectivity index (χ1) is 9.82. The summed E-state index contributed by atoms with van der Waals surface area (Å²) in [7, 11) is 0. The number of aromatic amines is 1. The van der Waals surface area contributed by atoms with Gasteiger partial charge in [-0.25, -0.2) is 14.5 Å². The molecule has 0 aliphatic heterocycles. The summed E-state index contributed by atoms with van der Waals surface area (Å²) < 4.78 is 0.528. The highest BCUT2D eigenvalue weighted by Crippen LogP contribution is 2.35. The molecule has 1 heterocycles. The Morgan fingerprint density at radius 1 is 1.00 bits per heavy atom. The Bertz CT molecular complexity index is 786.